The van der Waals surface area contributed by atoms with E-state index in [-0.39, 0.29) is 18.4 Å². The van der Waals surface area contributed by atoms with Gasteiger partial charge in [-0.15, -0.1) is 0 Å². The highest BCUT2D eigenvalue weighted by Gasteiger charge is 2.17. The van der Waals surface area contributed by atoms with Gasteiger partial charge in [0.1, 0.15) is 6.61 Å². The van der Waals surface area contributed by atoms with Gasteiger partial charge in [-0.1, -0.05) is 12.1 Å². The van der Waals surface area contributed by atoms with Crippen LogP contribution in [0.25, 0.3) is 0 Å². The van der Waals surface area contributed by atoms with E-state index in [0.717, 1.165) is 16.8 Å². The lowest BCUT2D eigenvalue weighted by Crippen LogP contribution is -2.36. The molecular formula is C12H15N3O3. The van der Waals surface area contributed by atoms with Crippen molar-refractivity contribution in [2.75, 3.05) is 19.0 Å². The number of hydrogen-bond acceptors (Lipinski definition) is 4. The quantitative estimate of drug-likeness (QED) is 0.639. The third-order valence-corrected chi connectivity index (χ3v) is 2.56. The normalized spacial score (nSPS) is 13.1. The Hall–Kier alpha value is -1.92. The standard InChI is InChI=1S/C12H15N3O3/c1-13-15-12(17)7-18-6-8-2-3-10-9(4-8)5-11(16)14-10/h2-4,13H,5-7H2,1H3,(H,14,16)(H,15,17). The van der Waals surface area contributed by atoms with Crippen molar-refractivity contribution in [3.63, 3.8) is 0 Å². The van der Waals surface area contributed by atoms with Crippen LogP contribution in [0.4, 0.5) is 5.69 Å². The smallest absolute Gasteiger partial charge is 0.260 e. The van der Waals surface area contributed by atoms with Crippen molar-refractivity contribution in [2.24, 2.45) is 0 Å². The number of hydrazine groups is 1. The second-order valence-corrected chi connectivity index (χ2v) is 4.01. The number of carbonyl (C=O) groups is 2. The molecule has 1 heterocycles. The van der Waals surface area contributed by atoms with Gasteiger partial charge in [0, 0.05) is 12.7 Å². The fraction of sp³-hybridized carbons (Fsp3) is 0.333. The lowest BCUT2D eigenvalue weighted by atomic mass is 10.1. The molecule has 0 unspecified atom stereocenters. The van der Waals surface area contributed by atoms with E-state index >= 15 is 0 Å². The van der Waals surface area contributed by atoms with E-state index in [9.17, 15) is 9.59 Å². The maximum Gasteiger partial charge on any atom is 0.260 e. The Morgan fingerprint density at radius 1 is 1.50 bits per heavy atom. The molecule has 0 saturated carbocycles. The monoisotopic (exact) mass is 249 g/mol. The molecule has 6 heteroatoms. The molecule has 0 spiro atoms. The van der Waals surface area contributed by atoms with Crippen LogP contribution >= 0.6 is 0 Å². The predicted molar refractivity (Wildman–Crippen MR) is 65.6 cm³/mol. The zero-order valence-electron chi connectivity index (χ0n) is 10.1. The summed E-state index contributed by atoms with van der Waals surface area (Å²) in [5.74, 6) is -0.216. The van der Waals surface area contributed by atoms with E-state index < -0.39 is 0 Å². The van der Waals surface area contributed by atoms with Gasteiger partial charge >= 0.3 is 0 Å². The Balaban J connectivity index is 1.86. The highest BCUT2D eigenvalue weighted by molar-refractivity contribution is 5.99. The van der Waals surface area contributed by atoms with Crippen molar-refractivity contribution in [3.05, 3.63) is 29.3 Å². The molecule has 18 heavy (non-hydrogen) atoms. The molecular weight excluding hydrogens is 234 g/mol. The van der Waals surface area contributed by atoms with Crippen LogP contribution in [0.5, 0.6) is 0 Å². The third-order valence-electron chi connectivity index (χ3n) is 2.56. The van der Waals surface area contributed by atoms with Crippen LogP contribution in [-0.2, 0) is 27.4 Å². The van der Waals surface area contributed by atoms with Crippen molar-refractivity contribution in [3.8, 4) is 0 Å². The van der Waals surface area contributed by atoms with Crippen LogP contribution in [-0.4, -0.2) is 25.5 Å². The summed E-state index contributed by atoms with van der Waals surface area (Å²) in [6.07, 6.45) is 0.406. The van der Waals surface area contributed by atoms with Gasteiger partial charge in [0.2, 0.25) is 5.91 Å². The lowest BCUT2D eigenvalue weighted by Gasteiger charge is -2.06. The molecule has 0 bridgehead atoms. The summed E-state index contributed by atoms with van der Waals surface area (Å²) in [5.41, 5.74) is 7.72. The molecule has 2 rings (SSSR count). The minimum Gasteiger partial charge on any atom is -0.367 e. The van der Waals surface area contributed by atoms with Crippen molar-refractivity contribution < 1.29 is 14.3 Å². The number of fused-ring (bicyclic) bond motifs is 1. The maximum atomic E-state index is 11.2. The molecule has 2 amide bonds. The van der Waals surface area contributed by atoms with E-state index in [4.69, 9.17) is 4.74 Å². The number of rotatable bonds is 5. The number of carbonyl (C=O) groups excluding carboxylic acids is 2. The minimum absolute atomic E-state index is 0.00486. The minimum atomic E-state index is -0.226. The van der Waals surface area contributed by atoms with E-state index in [1.165, 1.54) is 0 Å². The largest absolute Gasteiger partial charge is 0.367 e. The van der Waals surface area contributed by atoms with E-state index in [2.05, 4.69) is 16.2 Å². The Kier molecular flexibility index (Phi) is 3.91. The summed E-state index contributed by atoms with van der Waals surface area (Å²) in [5, 5.41) is 2.76. The van der Waals surface area contributed by atoms with Crippen LogP contribution in [0, 0.1) is 0 Å². The molecule has 0 radical (unpaired) electrons. The zero-order valence-corrected chi connectivity index (χ0v) is 10.1. The topological polar surface area (TPSA) is 79.5 Å². The van der Waals surface area contributed by atoms with E-state index in [1.54, 1.807) is 7.05 Å². The molecule has 1 aliphatic heterocycles. The Morgan fingerprint density at radius 2 is 2.33 bits per heavy atom. The average molecular weight is 249 g/mol. The number of hydrogen-bond donors (Lipinski definition) is 3. The Labute approximate surface area is 105 Å². The van der Waals surface area contributed by atoms with Gasteiger partial charge in [-0.3, -0.25) is 15.0 Å². The number of benzene rings is 1. The Morgan fingerprint density at radius 3 is 3.11 bits per heavy atom. The highest BCUT2D eigenvalue weighted by atomic mass is 16.5. The van der Waals surface area contributed by atoms with Gasteiger partial charge in [-0.2, -0.15) is 0 Å². The van der Waals surface area contributed by atoms with E-state index in [1.807, 2.05) is 18.2 Å². The van der Waals surface area contributed by atoms with Crippen molar-refractivity contribution >= 4 is 17.5 Å². The van der Waals surface area contributed by atoms with E-state index in [0.29, 0.717) is 13.0 Å². The fourth-order valence-electron chi connectivity index (χ4n) is 1.81. The summed E-state index contributed by atoms with van der Waals surface area (Å²) >= 11 is 0. The van der Waals surface area contributed by atoms with Crippen molar-refractivity contribution in [1.29, 1.82) is 0 Å². The number of ether oxygens (including phenoxy) is 1. The van der Waals surface area contributed by atoms with Crippen LogP contribution in [0.3, 0.4) is 0 Å². The molecule has 1 aliphatic rings. The first-order valence-electron chi connectivity index (χ1n) is 5.64. The maximum absolute atomic E-state index is 11.2. The summed E-state index contributed by atoms with van der Waals surface area (Å²) in [6, 6.07) is 5.65. The van der Waals surface area contributed by atoms with Crippen LogP contribution in [0.2, 0.25) is 0 Å². The third kappa shape index (κ3) is 3.06. The number of amides is 2. The number of anilines is 1. The summed E-state index contributed by atoms with van der Waals surface area (Å²) < 4.78 is 5.26. The molecule has 0 saturated heterocycles. The molecule has 1 aromatic carbocycles. The Bertz CT molecular complexity index is 474. The van der Waals surface area contributed by atoms with Gasteiger partial charge in [0.25, 0.3) is 5.91 Å². The van der Waals surface area contributed by atoms with Crippen molar-refractivity contribution in [1.82, 2.24) is 10.9 Å². The summed E-state index contributed by atoms with van der Waals surface area (Å²) in [6.45, 7) is 0.341. The first-order chi connectivity index (χ1) is 8.69. The van der Waals surface area contributed by atoms with Gasteiger partial charge in [-0.05, 0) is 17.2 Å². The molecule has 1 aromatic rings. The molecule has 6 nitrogen and oxygen atoms in total. The molecule has 0 aromatic heterocycles. The van der Waals surface area contributed by atoms with Crippen LogP contribution < -0.4 is 16.2 Å². The van der Waals surface area contributed by atoms with Crippen LogP contribution in [0.15, 0.2) is 18.2 Å². The van der Waals surface area contributed by atoms with Crippen LogP contribution in [0.1, 0.15) is 11.1 Å². The average Bonchev–Trinajstić information content (AvgIpc) is 2.69. The van der Waals surface area contributed by atoms with Gasteiger partial charge in [0.15, 0.2) is 0 Å². The van der Waals surface area contributed by atoms with Gasteiger partial charge in [0.05, 0.1) is 13.0 Å². The zero-order chi connectivity index (χ0) is 13.0. The number of nitrogens with one attached hydrogen (secondary N) is 3. The van der Waals surface area contributed by atoms with Crippen molar-refractivity contribution in [2.45, 2.75) is 13.0 Å². The molecule has 96 valence electrons. The first kappa shape index (κ1) is 12.5. The second kappa shape index (κ2) is 5.61. The SMILES string of the molecule is CNNC(=O)COCc1ccc2c(c1)CC(=O)N2. The predicted octanol–water partition coefficient (Wildman–Crippen LogP) is -0.0516. The molecule has 0 fully saturated rings. The molecule has 0 aliphatic carbocycles. The summed E-state index contributed by atoms with van der Waals surface area (Å²) in [7, 11) is 1.61. The fourth-order valence-corrected chi connectivity index (χ4v) is 1.81. The summed E-state index contributed by atoms with van der Waals surface area (Å²) in [4.78, 5) is 22.3. The molecule has 0 atom stereocenters. The van der Waals surface area contributed by atoms with Gasteiger partial charge < -0.3 is 10.1 Å². The second-order valence-electron chi connectivity index (χ2n) is 4.01. The highest BCUT2D eigenvalue weighted by Crippen LogP contribution is 2.23. The van der Waals surface area contributed by atoms with Gasteiger partial charge in [-0.25, -0.2) is 5.43 Å². The molecule has 3 N–H and O–H groups in total. The lowest BCUT2D eigenvalue weighted by molar-refractivity contribution is -0.127. The first-order valence-corrected chi connectivity index (χ1v) is 5.64.